The molecule has 0 fully saturated rings. The molecule has 86 valence electrons. The largest absolute Gasteiger partial charge is 0.496 e. The molecule has 2 aromatic rings. The topological polar surface area (TPSA) is 9.23 Å². The average molecular weight is 242 g/mol. The molecule has 17 heavy (non-hydrogen) atoms. The van der Waals surface area contributed by atoms with Crippen molar-refractivity contribution in [1.29, 1.82) is 0 Å². The van der Waals surface area contributed by atoms with Crippen LogP contribution < -0.4 is 4.74 Å². The van der Waals surface area contributed by atoms with Gasteiger partial charge in [-0.25, -0.2) is 0 Å². The van der Waals surface area contributed by atoms with E-state index in [0.717, 1.165) is 5.75 Å². The maximum absolute atomic E-state index is 5.42. The summed E-state index contributed by atoms with van der Waals surface area (Å²) in [6, 6.07) is 12.7. The van der Waals surface area contributed by atoms with E-state index in [1.54, 1.807) is 7.11 Å². The van der Waals surface area contributed by atoms with Gasteiger partial charge in [0.15, 0.2) is 0 Å². The Morgan fingerprint density at radius 2 is 1.59 bits per heavy atom. The number of rotatable bonds is 2. The Morgan fingerprint density at radius 3 is 2.29 bits per heavy atom. The molecule has 3 rings (SSSR count). The van der Waals surface area contributed by atoms with Crippen molar-refractivity contribution < 1.29 is 4.74 Å². The molecule has 1 heterocycles. The van der Waals surface area contributed by atoms with Crippen molar-refractivity contribution in [1.82, 2.24) is 0 Å². The van der Waals surface area contributed by atoms with E-state index in [0.29, 0.717) is 0 Å². The number of thiol groups is 1. The van der Waals surface area contributed by atoms with Crippen LogP contribution in [0.2, 0.25) is 0 Å². The van der Waals surface area contributed by atoms with Gasteiger partial charge in [-0.05, 0) is 28.3 Å². The van der Waals surface area contributed by atoms with Gasteiger partial charge >= 0.3 is 0 Å². The zero-order valence-corrected chi connectivity index (χ0v) is 10.5. The highest BCUT2D eigenvalue weighted by molar-refractivity contribution is 8.22. The first-order valence-electron chi connectivity index (χ1n) is 5.59. The molecule has 0 saturated carbocycles. The summed E-state index contributed by atoms with van der Waals surface area (Å²) in [5, 5.41) is 7.06. The van der Waals surface area contributed by atoms with Crippen LogP contribution in [-0.4, -0.2) is 7.11 Å². The summed E-state index contributed by atoms with van der Waals surface area (Å²) < 4.78 is 5.42. The predicted octanol–water partition coefficient (Wildman–Crippen LogP) is 4.25. The molecule has 1 aliphatic heterocycles. The molecule has 0 N–H and O–H groups in total. The quantitative estimate of drug-likeness (QED) is 0.775. The van der Waals surface area contributed by atoms with E-state index in [2.05, 4.69) is 59.4 Å². The van der Waals surface area contributed by atoms with E-state index in [-0.39, 0.29) is 10.9 Å². The maximum Gasteiger partial charge on any atom is 0.126 e. The summed E-state index contributed by atoms with van der Waals surface area (Å²) in [6.07, 6.45) is 4.26. The van der Waals surface area contributed by atoms with Crippen LogP contribution in [0.15, 0.2) is 64.3 Å². The fraction of sp³-hybridized carbons (Fsp3) is 0.0667. The van der Waals surface area contributed by atoms with Gasteiger partial charge in [0, 0.05) is 10.3 Å². The molecular formula is C15H14OS. The summed E-state index contributed by atoms with van der Waals surface area (Å²) >= 11 is 0. The fourth-order valence-electron chi connectivity index (χ4n) is 2.15. The summed E-state index contributed by atoms with van der Waals surface area (Å²) in [6.45, 7) is 0. The van der Waals surface area contributed by atoms with Gasteiger partial charge in [-0.3, -0.25) is 0 Å². The van der Waals surface area contributed by atoms with Crippen LogP contribution in [0, 0.1) is 0 Å². The number of hydrogen-bond acceptors (Lipinski definition) is 1. The third-order valence-electron chi connectivity index (χ3n) is 2.96. The van der Waals surface area contributed by atoms with Crippen molar-refractivity contribution >= 4 is 21.7 Å². The highest BCUT2D eigenvalue weighted by Crippen LogP contribution is 2.46. The number of ether oxygens (including phenoxy) is 1. The number of hydrogen-bond donors (Lipinski definition) is 1. The molecule has 0 radical (unpaired) electrons. The van der Waals surface area contributed by atoms with Crippen LogP contribution in [-0.2, 0) is 0 Å². The third kappa shape index (κ3) is 1.75. The highest BCUT2D eigenvalue weighted by atomic mass is 32.2. The number of methoxy groups -OCH3 is 1. The molecule has 1 nitrogen and oxygen atoms in total. The first-order valence-corrected chi connectivity index (χ1v) is 7.07. The maximum atomic E-state index is 5.42. The summed E-state index contributed by atoms with van der Waals surface area (Å²) in [7, 11) is 1.45. The Labute approximate surface area is 104 Å². The smallest absolute Gasteiger partial charge is 0.126 e. The Morgan fingerprint density at radius 1 is 0.882 bits per heavy atom. The van der Waals surface area contributed by atoms with Crippen molar-refractivity contribution in [3.8, 4) is 5.75 Å². The molecular weight excluding hydrogens is 228 g/mol. The molecule has 0 spiro atoms. The van der Waals surface area contributed by atoms with Crippen LogP contribution in [0.5, 0.6) is 5.75 Å². The van der Waals surface area contributed by atoms with E-state index < -0.39 is 0 Å². The van der Waals surface area contributed by atoms with Crippen molar-refractivity contribution in [3.63, 3.8) is 0 Å². The molecule has 0 amide bonds. The van der Waals surface area contributed by atoms with E-state index >= 15 is 0 Å². The minimum absolute atomic E-state index is 0.274. The molecule has 2 heteroatoms. The molecule has 0 aromatic heterocycles. The molecule has 1 aliphatic rings. The highest BCUT2D eigenvalue weighted by Gasteiger charge is 2.10. The van der Waals surface area contributed by atoms with Crippen molar-refractivity contribution in [2.24, 2.45) is 0 Å². The lowest BCUT2D eigenvalue weighted by molar-refractivity contribution is 0.419. The first-order chi connectivity index (χ1) is 8.40. The van der Waals surface area contributed by atoms with E-state index in [1.165, 1.54) is 15.7 Å². The van der Waals surface area contributed by atoms with Gasteiger partial charge in [-0.2, -0.15) is 10.9 Å². The molecule has 2 aromatic carbocycles. The molecule has 0 bridgehead atoms. The van der Waals surface area contributed by atoms with Crippen LogP contribution in [0.1, 0.15) is 0 Å². The second-order valence-corrected chi connectivity index (χ2v) is 5.82. The SMILES string of the molecule is COc1ccc([SH]2C=CC=C2)c2ccccc12. The second-order valence-electron chi connectivity index (χ2n) is 3.92. The van der Waals surface area contributed by atoms with Crippen molar-refractivity contribution in [3.05, 3.63) is 59.4 Å². The molecule has 0 atom stereocenters. The summed E-state index contributed by atoms with van der Waals surface area (Å²) in [4.78, 5) is 1.40. The summed E-state index contributed by atoms with van der Waals surface area (Å²) in [5.41, 5.74) is 0. The normalized spacial score (nSPS) is 15.7. The Hall–Kier alpha value is -1.67. The number of fused-ring (bicyclic) bond motifs is 1. The lowest BCUT2D eigenvalue weighted by Gasteiger charge is -2.15. The van der Waals surface area contributed by atoms with Crippen molar-refractivity contribution in [2.75, 3.05) is 7.11 Å². The third-order valence-corrected chi connectivity index (χ3v) is 4.90. The van der Waals surface area contributed by atoms with Gasteiger partial charge in [0.25, 0.3) is 0 Å². The van der Waals surface area contributed by atoms with Gasteiger partial charge in [-0.1, -0.05) is 36.4 Å². The number of benzene rings is 2. The zero-order valence-electron chi connectivity index (χ0n) is 9.63. The lowest BCUT2D eigenvalue weighted by atomic mass is 10.1. The minimum Gasteiger partial charge on any atom is -0.496 e. The van der Waals surface area contributed by atoms with Gasteiger partial charge < -0.3 is 4.74 Å². The van der Waals surface area contributed by atoms with E-state index in [1.807, 2.05) is 0 Å². The van der Waals surface area contributed by atoms with Gasteiger partial charge in [0.2, 0.25) is 0 Å². The Kier molecular flexibility index (Phi) is 2.65. The molecule has 0 unspecified atom stereocenters. The van der Waals surface area contributed by atoms with Crippen LogP contribution in [0.4, 0.5) is 0 Å². The second kappa shape index (κ2) is 4.30. The average Bonchev–Trinajstić information content (AvgIpc) is 2.91. The van der Waals surface area contributed by atoms with E-state index in [4.69, 9.17) is 4.74 Å². The van der Waals surface area contributed by atoms with E-state index in [9.17, 15) is 0 Å². The standard InChI is InChI=1S/C15H14OS/c1-16-14-8-9-15(17-10-4-5-11-17)13-7-3-2-6-12(13)14/h2-11,17H,1H3. The lowest BCUT2D eigenvalue weighted by Crippen LogP contribution is -1.87. The van der Waals surface area contributed by atoms with Gasteiger partial charge in [0.1, 0.15) is 5.75 Å². The Balaban J connectivity index is 2.26. The van der Waals surface area contributed by atoms with Crippen LogP contribution in [0.25, 0.3) is 10.8 Å². The zero-order chi connectivity index (χ0) is 11.7. The molecule has 0 saturated heterocycles. The number of allylic oxidation sites excluding steroid dienone is 2. The molecule has 0 aliphatic carbocycles. The summed E-state index contributed by atoms with van der Waals surface area (Å²) in [5.74, 6) is 0.950. The van der Waals surface area contributed by atoms with Crippen LogP contribution >= 0.6 is 10.9 Å². The first kappa shape index (κ1) is 10.5. The van der Waals surface area contributed by atoms with Gasteiger partial charge in [-0.15, -0.1) is 0 Å². The predicted molar refractivity (Wildman–Crippen MR) is 76.0 cm³/mol. The van der Waals surface area contributed by atoms with Crippen LogP contribution in [0.3, 0.4) is 0 Å². The van der Waals surface area contributed by atoms with Gasteiger partial charge in [0.05, 0.1) is 7.11 Å². The Bertz CT molecular complexity index is 601. The van der Waals surface area contributed by atoms with Crippen molar-refractivity contribution in [2.45, 2.75) is 4.90 Å². The monoisotopic (exact) mass is 242 g/mol. The minimum atomic E-state index is -0.274. The fourth-order valence-corrected chi connectivity index (χ4v) is 3.86.